The number of rotatable bonds is 0. The van der Waals surface area contributed by atoms with Crippen molar-refractivity contribution in [3.8, 4) is 11.1 Å². The third-order valence-corrected chi connectivity index (χ3v) is 2.03. The SMILES string of the molecule is c1cc2cnn3c(c-2c1)N=NC3. The summed E-state index contributed by atoms with van der Waals surface area (Å²) in [6.07, 6.45) is 1.84. The van der Waals surface area contributed by atoms with Crippen molar-refractivity contribution in [2.24, 2.45) is 10.2 Å². The van der Waals surface area contributed by atoms with E-state index in [4.69, 9.17) is 0 Å². The van der Waals surface area contributed by atoms with E-state index in [0.29, 0.717) is 6.67 Å². The van der Waals surface area contributed by atoms with Gasteiger partial charge in [0, 0.05) is 11.1 Å². The molecule has 0 aromatic carbocycles. The average molecular weight is 158 g/mol. The number of fused-ring (bicyclic) bond motifs is 3. The highest BCUT2D eigenvalue weighted by atomic mass is 15.4. The molecule has 4 heteroatoms. The van der Waals surface area contributed by atoms with Crippen LogP contribution in [0.25, 0.3) is 11.1 Å². The molecule has 2 heterocycles. The van der Waals surface area contributed by atoms with E-state index in [9.17, 15) is 0 Å². The summed E-state index contributed by atoms with van der Waals surface area (Å²) in [4.78, 5) is 0. The molecule has 58 valence electrons. The van der Waals surface area contributed by atoms with Crippen molar-refractivity contribution in [1.29, 1.82) is 0 Å². The molecule has 3 aliphatic rings. The molecule has 0 aromatic rings. The van der Waals surface area contributed by atoms with Gasteiger partial charge in [0.1, 0.15) is 0 Å². The lowest BCUT2D eigenvalue weighted by molar-refractivity contribution is 0.661. The summed E-state index contributed by atoms with van der Waals surface area (Å²) in [6, 6.07) is 6.06. The highest BCUT2D eigenvalue weighted by Gasteiger charge is 2.15. The fourth-order valence-electron chi connectivity index (χ4n) is 1.44. The normalized spacial score (nSPS) is 14.0. The minimum absolute atomic E-state index is 0.552. The first-order chi connectivity index (χ1) is 5.95. The molecular weight excluding hydrogens is 152 g/mol. The molecule has 1 aliphatic carbocycles. The second-order valence-corrected chi connectivity index (χ2v) is 2.75. The van der Waals surface area contributed by atoms with Gasteiger partial charge in [-0.2, -0.15) is 10.2 Å². The minimum Gasteiger partial charge on any atom is -0.222 e. The van der Waals surface area contributed by atoms with Crippen LogP contribution in [0.4, 0.5) is 5.82 Å². The number of hydrogen-bond acceptors (Lipinski definition) is 3. The molecular formula is C8H6N4. The van der Waals surface area contributed by atoms with Gasteiger partial charge in [-0.25, -0.2) is 4.68 Å². The fourth-order valence-corrected chi connectivity index (χ4v) is 1.44. The minimum atomic E-state index is 0.552. The first kappa shape index (κ1) is 5.88. The molecule has 0 atom stereocenters. The van der Waals surface area contributed by atoms with E-state index in [0.717, 1.165) is 16.9 Å². The van der Waals surface area contributed by atoms with Crippen LogP contribution in [0.5, 0.6) is 0 Å². The Bertz CT molecular complexity index is 429. The predicted molar refractivity (Wildman–Crippen MR) is 43.4 cm³/mol. The van der Waals surface area contributed by atoms with Crippen LogP contribution in [0.3, 0.4) is 0 Å². The maximum Gasteiger partial charge on any atom is 0.180 e. The summed E-state index contributed by atoms with van der Waals surface area (Å²) in [5.41, 5.74) is 2.26. The van der Waals surface area contributed by atoms with Crippen LogP contribution in [-0.2, 0) is 6.67 Å². The lowest BCUT2D eigenvalue weighted by atomic mass is 10.2. The first-order valence-corrected chi connectivity index (χ1v) is 3.77. The van der Waals surface area contributed by atoms with E-state index >= 15 is 0 Å². The van der Waals surface area contributed by atoms with Gasteiger partial charge in [0.2, 0.25) is 0 Å². The molecule has 12 heavy (non-hydrogen) atoms. The number of hydrogen-bond donors (Lipinski definition) is 0. The Balaban J connectivity index is 2.43. The number of aromatic nitrogens is 2. The number of nitrogens with zero attached hydrogens (tertiary/aromatic N) is 4. The zero-order valence-corrected chi connectivity index (χ0v) is 6.31. The smallest absolute Gasteiger partial charge is 0.180 e. The van der Waals surface area contributed by atoms with E-state index in [1.165, 1.54) is 0 Å². The Hall–Kier alpha value is -1.71. The van der Waals surface area contributed by atoms with E-state index in [-0.39, 0.29) is 0 Å². The van der Waals surface area contributed by atoms with Crippen molar-refractivity contribution < 1.29 is 0 Å². The second kappa shape index (κ2) is 1.91. The number of azo groups is 1. The highest BCUT2D eigenvalue weighted by Crippen LogP contribution is 2.33. The molecule has 0 radical (unpaired) electrons. The van der Waals surface area contributed by atoms with Gasteiger partial charge in [-0.3, -0.25) is 0 Å². The molecule has 0 amide bonds. The van der Waals surface area contributed by atoms with Crippen molar-refractivity contribution in [2.45, 2.75) is 6.67 Å². The molecule has 0 unspecified atom stereocenters. The summed E-state index contributed by atoms with van der Waals surface area (Å²) >= 11 is 0. The van der Waals surface area contributed by atoms with Crippen LogP contribution in [0.2, 0.25) is 0 Å². The lowest BCUT2D eigenvalue weighted by Gasteiger charge is -2.03. The Labute approximate surface area is 68.9 Å². The monoisotopic (exact) mass is 158 g/mol. The molecule has 0 fully saturated rings. The Morgan fingerprint density at radius 1 is 1.33 bits per heavy atom. The lowest BCUT2D eigenvalue weighted by Crippen LogP contribution is -1.98. The molecule has 3 rings (SSSR count). The Morgan fingerprint density at radius 3 is 3.33 bits per heavy atom. The molecule has 0 spiro atoms. The molecule has 0 saturated carbocycles. The zero-order valence-electron chi connectivity index (χ0n) is 6.31. The van der Waals surface area contributed by atoms with Crippen LogP contribution in [0, 0.1) is 0 Å². The maximum absolute atomic E-state index is 4.19. The van der Waals surface area contributed by atoms with E-state index < -0.39 is 0 Å². The van der Waals surface area contributed by atoms with E-state index in [2.05, 4.69) is 15.3 Å². The van der Waals surface area contributed by atoms with Gasteiger partial charge in [0.25, 0.3) is 0 Å². The third kappa shape index (κ3) is 0.592. The topological polar surface area (TPSA) is 42.5 Å². The van der Waals surface area contributed by atoms with Crippen LogP contribution in [0.15, 0.2) is 34.6 Å². The van der Waals surface area contributed by atoms with Crippen LogP contribution in [-0.4, -0.2) is 9.78 Å². The first-order valence-electron chi connectivity index (χ1n) is 3.77. The van der Waals surface area contributed by atoms with Crippen LogP contribution < -0.4 is 0 Å². The Kier molecular flexibility index (Phi) is 0.935. The molecule has 0 N–H and O–H groups in total. The summed E-state index contributed by atoms with van der Waals surface area (Å²) in [5.74, 6) is 0.873. The second-order valence-electron chi connectivity index (χ2n) is 2.75. The Morgan fingerprint density at radius 2 is 2.33 bits per heavy atom. The van der Waals surface area contributed by atoms with Crippen LogP contribution in [0.1, 0.15) is 0 Å². The van der Waals surface area contributed by atoms with Gasteiger partial charge in [-0.1, -0.05) is 18.2 Å². The maximum atomic E-state index is 4.19. The molecule has 0 saturated heterocycles. The van der Waals surface area contributed by atoms with Crippen molar-refractivity contribution in [1.82, 2.24) is 9.78 Å². The van der Waals surface area contributed by atoms with Crippen molar-refractivity contribution in [2.75, 3.05) is 0 Å². The van der Waals surface area contributed by atoms with E-state index in [1.54, 1.807) is 4.68 Å². The van der Waals surface area contributed by atoms with Crippen LogP contribution >= 0.6 is 0 Å². The van der Waals surface area contributed by atoms with Crippen molar-refractivity contribution >= 4 is 5.82 Å². The summed E-state index contributed by atoms with van der Waals surface area (Å²) in [7, 11) is 0. The summed E-state index contributed by atoms with van der Waals surface area (Å²) in [6.45, 7) is 0.552. The van der Waals surface area contributed by atoms with Gasteiger partial charge in [0.15, 0.2) is 12.5 Å². The molecule has 0 bridgehead atoms. The van der Waals surface area contributed by atoms with Crippen molar-refractivity contribution in [3.63, 3.8) is 0 Å². The van der Waals surface area contributed by atoms with Gasteiger partial charge < -0.3 is 0 Å². The predicted octanol–water partition coefficient (Wildman–Crippen LogP) is 2.04. The van der Waals surface area contributed by atoms with Gasteiger partial charge in [-0.15, -0.1) is 5.11 Å². The molecule has 4 nitrogen and oxygen atoms in total. The van der Waals surface area contributed by atoms with Crippen molar-refractivity contribution in [3.05, 3.63) is 24.4 Å². The summed E-state index contributed by atoms with van der Waals surface area (Å²) in [5, 5.41) is 12.1. The molecule has 0 aromatic heterocycles. The van der Waals surface area contributed by atoms with Gasteiger partial charge in [0.05, 0.1) is 6.20 Å². The quantitative estimate of drug-likeness (QED) is 0.578. The summed E-state index contributed by atoms with van der Waals surface area (Å²) < 4.78 is 1.79. The zero-order chi connectivity index (χ0) is 7.97. The van der Waals surface area contributed by atoms with Gasteiger partial charge >= 0.3 is 0 Å². The standard InChI is InChI=1S/C8H6N4/c1-2-6-4-10-12-5-9-11-8(12)7(6)3-1/h1-4H,5H2. The third-order valence-electron chi connectivity index (χ3n) is 2.03. The largest absolute Gasteiger partial charge is 0.222 e. The fraction of sp³-hybridized carbons (Fsp3) is 0.125. The highest BCUT2D eigenvalue weighted by molar-refractivity contribution is 5.75. The van der Waals surface area contributed by atoms with Gasteiger partial charge in [-0.05, 0) is 0 Å². The molecule has 2 aliphatic heterocycles. The average Bonchev–Trinajstić information content (AvgIpc) is 2.71. The van der Waals surface area contributed by atoms with E-state index in [1.807, 2.05) is 24.4 Å².